The van der Waals surface area contributed by atoms with Crippen LogP contribution in [-0.4, -0.2) is 35.6 Å². The normalized spacial score (nSPS) is 16.6. The van der Waals surface area contributed by atoms with Gasteiger partial charge in [0.2, 0.25) is 0 Å². The zero-order valence-electron chi connectivity index (χ0n) is 11.0. The number of thiocarbonyl (C=S) groups is 1. The molecule has 1 saturated carbocycles. The van der Waals surface area contributed by atoms with Crippen molar-refractivity contribution >= 4 is 22.9 Å². The molecule has 1 aliphatic rings. The van der Waals surface area contributed by atoms with Crippen molar-refractivity contribution in [3.8, 4) is 0 Å². The maximum absolute atomic E-state index is 5.72. The topological polar surface area (TPSA) is 41.3 Å². The van der Waals surface area contributed by atoms with E-state index < -0.39 is 0 Å². The van der Waals surface area contributed by atoms with Crippen molar-refractivity contribution in [3.05, 3.63) is 29.8 Å². The molecule has 1 aromatic rings. The molecule has 18 heavy (non-hydrogen) atoms. The van der Waals surface area contributed by atoms with Crippen LogP contribution in [0.15, 0.2) is 24.3 Å². The van der Waals surface area contributed by atoms with Crippen LogP contribution in [0.5, 0.6) is 0 Å². The van der Waals surface area contributed by atoms with Crippen LogP contribution in [0.2, 0.25) is 0 Å². The molecule has 0 bridgehead atoms. The molecule has 1 atom stereocenters. The number of nitrogens with two attached hydrogens (primary N) is 1. The molecule has 98 valence electrons. The van der Waals surface area contributed by atoms with E-state index in [4.69, 9.17) is 18.0 Å². The number of benzene rings is 1. The summed E-state index contributed by atoms with van der Waals surface area (Å²) >= 11 is 5.06. The van der Waals surface area contributed by atoms with E-state index >= 15 is 0 Å². The lowest BCUT2D eigenvalue weighted by molar-refractivity contribution is 0.257. The Labute approximate surface area is 114 Å². The summed E-state index contributed by atoms with van der Waals surface area (Å²) in [6, 6.07) is 9.24. The lowest BCUT2D eigenvalue weighted by Crippen LogP contribution is -2.36. The van der Waals surface area contributed by atoms with Gasteiger partial charge in [-0.05, 0) is 38.9 Å². The molecule has 0 heterocycles. The monoisotopic (exact) mass is 263 g/mol. The summed E-state index contributed by atoms with van der Waals surface area (Å²) in [5.41, 5.74) is 7.67. The second kappa shape index (κ2) is 5.67. The molecule has 2 rings (SSSR count). The highest BCUT2D eigenvalue weighted by molar-refractivity contribution is 7.80. The molecule has 1 unspecified atom stereocenters. The number of rotatable bonds is 6. The number of nitrogens with one attached hydrogen (secondary N) is 1. The number of hydrogen-bond acceptors (Lipinski definition) is 3. The number of hydrogen-bond donors (Lipinski definition) is 2. The van der Waals surface area contributed by atoms with Crippen molar-refractivity contribution in [1.29, 1.82) is 0 Å². The van der Waals surface area contributed by atoms with Crippen LogP contribution in [0.1, 0.15) is 25.3 Å². The van der Waals surface area contributed by atoms with E-state index in [0.717, 1.165) is 23.8 Å². The van der Waals surface area contributed by atoms with Gasteiger partial charge in [-0.1, -0.05) is 24.4 Å². The van der Waals surface area contributed by atoms with Crippen LogP contribution in [0, 0.1) is 0 Å². The summed E-state index contributed by atoms with van der Waals surface area (Å²) in [6.45, 7) is 3.15. The van der Waals surface area contributed by atoms with Gasteiger partial charge < -0.3 is 11.1 Å². The first-order valence-electron chi connectivity index (χ1n) is 6.44. The minimum Gasteiger partial charge on any atom is -0.389 e. The van der Waals surface area contributed by atoms with Gasteiger partial charge in [0.1, 0.15) is 4.99 Å². The predicted molar refractivity (Wildman–Crippen MR) is 81.1 cm³/mol. The predicted octanol–water partition coefficient (Wildman–Crippen LogP) is 2.22. The average Bonchev–Trinajstić information content (AvgIpc) is 3.19. The third-order valence-electron chi connectivity index (χ3n) is 3.60. The van der Waals surface area contributed by atoms with E-state index in [9.17, 15) is 0 Å². The second-order valence-corrected chi connectivity index (χ2v) is 5.48. The molecule has 0 radical (unpaired) electrons. The van der Waals surface area contributed by atoms with Crippen LogP contribution < -0.4 is 11.1 Å². The third-order valence-corrected chi connectivity index (χ3v) is 3.82. The number of nitrogens with zero attached hydrogens (tertiary/aromatic N) is 1. The van der Waals surface area contributed by atoms with Crippen LogP contribution >= 0.6 is 12.2 Å². The zero-order chi connectivity index (χ0) is 13.1. The first-order valence-corrected chi connectivity index (χ1v) is 6.85. The fourth-order valence-corrected chi connectivity index (χ4v) is 2.27. The van der Waals surface area contributed by atoms with E-state index in [-0.39, 0.29) is 0 Å². The summed E-state index contributed by atoms with van der Waals surface area (Å²) in [5, 5.41) is 3.45. The van der Waals surface area contributed by atoms with Crippen molar-refractivity contribution in [3.63, 3.8) is 0 Å². The van der Waals surface area contributed by atoms with E-state index in [1.54, 1.807) is 0 Å². The van der Waals surface area contributed by atoms with Gasteiger partial charge in [-0.25, -0.2) is 0 Å². The van der Waals surface area contributed by atoms with Gasteiger partial charge in [-0.3, -0.25) is 4.90 Å². The zero-order valence-corrected chi connectivity index (χ0v) is 11.8. The maximum atomic E-state index is 5.72. The molecule has 1 fully saturated rings. The van der Waals surface area contributed by atoms with Crippen molar-refractivity contribution < 1.29 is 0 Å². The average molecular weight is 263 g/mol. The molecule has 0 amide bonds. The molecule has 3 N–H and O–H groups in total. The molecule has 1 aromatic carbocycles. The fourth-order valence-electron chi connectivity index (χ4n) is 2.10. The van der Waals surface area contributed by atoms with E-state index in [0.29, 0.717) is 11.0 Å². The smallest absolute Gasteiger partial charge is 0.106 e. The van der Waals surface area contributed by atoms with E-state index in [1.165, 1.54) is 12.8 Å². The van der Waals surface area contributed by atoms with Crippen LogP contribution in [0.3, 0.4) is 0 Å². The Hall–Kier alpha value is -1.13. The molecule has 0 aromatic heterocycles. The Morgan fingerprint density at radius 1 is 1.50 bits per heavy atom. The van der Waals surface area contributed by atoms with Gasteiger partial charge in [0.15, 0.2) is 0 Å². The highest BCUT2D eigenvalue weighted by Gasteiger charge is 2.28. The van der Waals surface area contributed by atoms with Crippen molar-refractivity contribution in [1.82, 2.24) is 4.90 Å². The Bertz CT molecular complexity index is 429. The van der Waals surface area contributed by atoms with Gasteiger partial charge in [-0.2, -0.15) is 0 Å². The number of para-hydroxylation sites is 1. The minimum absolute atomic E-state index is 0.446. The summed E-state index contributed by atoms with van der Waals surface area (Å²) in [7, 11) is 2.20. The standard InChI is InChI=1S/C14H21N3S/c1-10(17(2)11-7-8-11)9-16-13-6-4-3-5-12(13)14(15)18/h3-6,10-11,16H,7-9H2,1-2H3,(H2,15,18). The summed E-state index contributed by atoms with van der Waals surface area (Å²) in [4.78, 5) is 2.89. The van der Waals surface area contributed by atoms with Crippen molar-refractivity contribution in [2.24, 2.45) is 5.73 Å². The van der Waals surface area contributed by atoms with Gasteiger partial charge in [-0.15, -0.1) is 0 Å². The lowest BCUT2D eigenvalue weighted by atomic mass is 10.1. The van der Waals surface area contributed by atoms with Gasteiger partial charge in [0, 0.05) is 29.9 Å². The molecular formula is C14H21N3S. The van der Waals surface area contributed by atoms with Gasteiger partial charge in [0.05, 0.1) is 0 Å². The second-order valence-electron chi connectivity index (χ2n) is 5.04. The molecule has 1 aliphatic carbocycles. The number of likely N-dealkylation sites (N-methyl/N-ethyl adjacent to an activating group) is 1. The molecular weight excluding hydrogens is 242 g/mol. The Morgan fingerprint density at radius 3 is 2.78 bits per heavy atom. The largest absolute Gasteiger partial charge is 0.389 e. The molecule has 4 heteroatoms. The van der Waals surface area contributed by atoms with E-state index in [1.807, 2.05) is 24.3 Å². The summed E-state index contributed by atoms with van der Waals surface area (Å²) < 4.78 is 0. The third kappa shape index (κ3) is 3.21. The molecule has 0 saturated heterocycles. The van der Waals surface area contributed by atoms with Crippen LogP contribution in [-0.2, 0) is 0 Å². The highest BCUT2D eigenvalue weighted by Crippen LogP contribution is 2.27. The first kappa shape index (κ1) is 13.3. The molecule has 3 nitrogen and oxygen atoms in total. The molecule has 0 spiro atoms. The first-order chi connectivity index (χ1) is 8.59. The Balaban J connectivity index is 1.95. The lowest BCUT2D eigenvalue weighted by Gasteiger charge is -2.25. The Kier molecular flexibility index (Phi) is 4.19. The molecule has 0 aliphatic heterocycles. The fraction of sp³-hybridized carbons (Fsp3) is 0.500. The van der Waals surface area contributed by atoms with Gasteiger partial charge >= 0.3 is 0 Å². The summed E-state index contributed by atoms with van der Waals surface area (Å²) in [5.74, 6) is 0. The van der Waals surface area contributed by atoms with Crippen molar-refractivity contribution in [2.75, 3.05) is 18.9 Å². The number of anilines is 1. The quantitative estimate of drug-likeness (QED) is 0.772. The van der Waals surface area contributed by atoms with Crippen LogP contribution in [0.25, 0.3) is 0 Å². The highest BCUT2D eigenvalue weighted by atomic mass is 32.1. The van der Waals surface area contributed by atoms with Crippen LogP contribution in [0.4, 0.5) is 5.69 Å². The van der Waals surface area contributed by atoms with Gasteiger partial charge in [0.25, 0.3) is 0 Å². The Morgan fingerprint density at radius 2 is 2.17 bits per heavy atom. The minimum atomic E-state index is 0.446. The van der Waals surface area contributed by atoms with E-state index in [2.05, 4.69) is 24.2 Å². The maximum Gasteiger partial charge on any atom is 0.106 e. The SMILES string of the molecule is CC(CNc1ccccc1C(N)=S)N(C)C1CC1. The summed E-state index contributed by atoms with van der Waals surface area (Å²) in [6.07, 6.45) is 2.68. The van der Waals surface area contributed by atoms with Crippen molar-refractivity contribution in [2.45, 2.75) is 31.8 Å².